The number of rotatable bonds is 1. The minimum Gasteiger partial charge on any atom is -0.342 e. The Bertz CT molecular complexity index is 617. The molecule has 0 spiro atoms. The lowest BCUT2D eigenvalue weighted by atomic mass is 10.2. The molecule has 0 bridgehead atoms. The van der Waals surface area contributed by atoms with Crippen LogP contribution in [0.25, 0.3) is 10.9 Å². The first-order chi connectivity index (χ1) is 8.24. The molecule has 0 saturated carbocycles. The fourth-order valence-corrected chi connectivity index (χ4v) is 2.35. The van der Waals surface area contributed by atoms with Crippen molar-refractivity contribution in [3.05, 3.63) is 33.6 Å². The Labute approximate surface area is 103 Å². The van der Waals surface area contributed by atoms with Gasteiger partial charge in [0.25, 0.3) is 5.56 Å². The summed E-state index contributed by atoms with van der Waals surface area (Å²) in [5, 5.41) is 1.18. The normalized spacial score (nSPS) is 15.7. The maximum atomic E-state index is 11.9. The number of hydrogen-bond acceptors (Lipinski definition) is 3. The van der Waals surface area contributed by atoms with Crippen LogP contribution in [-0.4, -0.2) is 23.1 Å². The van der Waals surface area contributed by atoms with E-state index in [4.69, 9.17) is 11.6 Å². The van der Waals surface area contributed by atoms with Crippen molar-refractivity contribution in [2.75, 3.05) is 18.0 Å². The van der Waals surface area contributed by atoms with Gasteiger partial charge in [0, 0.05) is 18.1 Å². The Hall–Kier alpha value is -1.55. The van der Waals surface area contributed by atoms with E-state index >= 15 is 0 Å². The molecule has 1 aliphatic rings. The van der Waals surface area contributed by atoms with E-state index in [-0.39, 0.29) is 5.56 Å². The molecule has 0 aliphatic carbocycles. The molecule has 4 nitrogen and oxygen atoms in total. The third-order valence-corrected chi connectivity index (χ3v) is 3.30. The van der Waals surface area contributed by atoms with E-state index in [2.05, 4.69) is 14.9 Å². The fourth-order valence-electron chi connectivity index (χ4n) is 2.18. The van der Waals surface area contributed by atoms with Crippen LogP contribution in [0.15, 0.2) is 23.0 Å². The molecular formula is C12H12ClN3O. The molecule has 0 radical (unpaired) electrons. The Balaban J connectivity index is 2.18. The summed E-state index contributed by atoms with van der Waals surface area (Å²) in [5.74, 6) is 0.655. The zero-order chi connectivity index (χ0) is 11.8. The predicted octanol–water partition coefficient (Wildman–Crippen LogP) is 2.18. The Kier molecular flexibility index (Phi) is 2.52. The first-order valence-corrected chi connectivity index (χ1v) is 6.06. The number of aromatic nitrogens is 2. The Morgan fingerprint density at radius 3 is 2.82 bits per heavy atom. The van der Waals surface area contributed by atoms with Gasteiger partial charge in [-0.05, 0) is 31.0 Å². The summed E-state index contributed by atoms with van der Waals surface area (Å²) in [6, 6.07) is 5.14. The molecule has 1 aliphatic heterocycles. The van der Waals surface area contributed by atoms with Crippen LogP contribution in [0.1, 0.15) is 12.8 Å². The average molecular weight is 250 g/mol. The van der Waals surface area contributed by atoms with E-state index in [1.807, 2.05) is 0 Å². The van der Waals surface area contributed by atoms with Crippen LogP contribution >= 0.6 is 11.6 Å². The topological polar surface area (TPSA) is 49.0 Å². The van der Waals surface area contributed by atoms with Crippen LogP contribution < -0.4 is 10.5 Å². The summed E-state index contributed by atoms with van der Waals surface area (Å²) < 4.78 is 0. The molecule has 1 aromatic carbocycles. The van der Waals surface area contributed by atoms with Gasteiger partial charge in [-0.15, -0.1) is 0 Å². The maximum absolute atomic E-state index is 11.9. The summed E-state index contributed by atoms with van der Waals surface area (Å²) in [4.78, 5) is 21.3. The molecular weight excluding hydrogens is 238 g/mol. The third kappa shape index (κ3) is 1.89. The molecule has 17 heavy (non-hydrogen) atoms. The molecule has 1 N–H and O–H groups in total. The lowest BCUT2D eigenvalue weighted by molar-refractivity contribution is 0.900. The number of nitrogens with zero attached hydrogens (tertiary/aromatic N) is 2. The van der Waals surface area contributed by atoms with Gasteiger partial charge in [-0.2, -0.15) is 0 Å². The van der Waals surface area contributed by atoms with Crippen molar-refractivity contribution in [1.82, 2.24) is 9.97 Å². The highest BCUT2D eigenvalue weighted by atomic mass is 35.5. The minimum atomic E-state index is -0.103. The van der Waals surface area contributed by atoms with Gasteiger partial charge in [0.2, 0.25) is 5.95 Å². The average Bonchev–Trinajstić information content (AvgIpc) is 2.81. The van der Waals surface area contributed by atoms with E-state index in [1.165, 1.54) is 0 Å². The third-order valence-electron chi connectivity index (χ3n) is 3.06. The number of benzene rings is 1. The maximum Gasteiger partial charge on any atom is 0.260 e. The molecule has 1 saturated heterocycles. The van der Waals surface area contributed by atoms with Gasteiger partial charge in [-0.1, -0.05) is 11.6 Å². The van der Waals surface area contributed by atoms with Crippen molar-refractivity contribution in [2.45, 2.75) is 12.8 Å². The van der Waals surface area contributed by atoms with E-state index in [9.17, 15) is 4.79 Å². The summed E-state index contributed by atoms with van der Waals surface area (Å²) in [5.41, 5.74) is 0.553. The second-order valence-electron chi connectivity index (χ2n) is 4.25. The highest BCUT2D eigenvalue weighted by Gasteiger charge is 2.15. The van der Waals surface area contributed by atoms with Crippen LogP contribution in [0.2, 0.25) is 5.02 Å². The standard InChI is InChI=1S/C12H12ClN3O/c13-8-3-4-9-10(7-8)14-12(15-11(9)17)16-5-1-2-6-16/h3-4,7H,1-2,5-6H2,(H,14,15,17). The molecule has 2 heterocycles. The van der Waals surface area contributed by atoms with Gasteiger partial charge in [-0.25, -0.2) is 4.98 Å². The van der Waals surface area contributed by atoms with Crippen molar-refractivity contribution in [3.8, 4) is 0 Å². The molecule has 2 aromatic rings. The second kappa shape index (κ2) is 4.04. The number of H-pyrrole nitrogens is 1. The highest BCUT2D eigenvalue weighted by molar-refractivity contribution is 6.31. The molecule has 88 valence electrons. The minimum absolute atomic E-state index is 0.103. The van der Waals surface area contributed by atoms with Gasteiger partial charge >= 0.3 is 0 Å². The van der Waals surface area contributed by atoms with E-state index in [1.54, 1.807) is 18.2 Å². The number of hydrogen-bond donors (Lipinski definition) is 1. The zero-order valence-electron chi connectivity index (χ0n) is 9.24. The highest BCUT2D eigenvalue weighted by Crippen LogP contribution is 2.19. The van der Waals surface area contributed by atoms with Crippen LogP contribution in [0, 0.1) is 0 Å². The van der Waals surface area contributed by atoms with Gasteiger partial charge in [0.15, 0.2) is 0 Å². The molecule has 0 unspecified atom stereocenters. The van der Waals surface area contributed by atoms with Crippen LogP contribution in [0.4, 0.5) is 5.95 Å². The molecule has 1 aromatic heterocycles. The SMILES string of the molecule is O=c1[nH]c(N2CCCC2)nc2cc(Cl)ccc12. The number of aromatic amines is 1. The van der Waals surface area contributed by atoms with E-state index in [0.29, 0.717) is 21.9 Å². The van der Waals surface area contributed by atoms with Gasteiger partial charge < -0.3 is 4.90 Å². The monoisotopic (exact) mass is 249 g/mol. The number of halogens is 1. The molecule has 0 amide bonds. The summed E-state index contributed by atoms with van der Waals surface area (Å²) in [6.07, 6.45) is 2.30. The van der Waals surface area contributed by atoms with Gasteiger partial charge in [0.05, 0.1) is 10.9 Å². The lowest BCUT2D eigenvalue weighted by Gasteiger charge is -2.15. The van der Waals surface area contributed by atoms with E-state index in [0.717, 1.165) is 25.9 Å². The lowest BCUT2D eigenvalue weighted by Crippen LogP contribution is -2.23. The van der Waals surface area contributed by atoms with Crippen molar-refractivity contribution < 1.29 is 0 Å². The van der Waals surface area contributed by atoms with Gasteiger partial charge in [0.1, 0.15) is 0 Å². The molecule has 3 rings (SSSR count). The first-order valence-electron chi connectivity index (χ1n) is 5.68. The van der Waals surface area contributed by atoms with Crippen molar-refractivity contribution >= 4 is 28.5 Å². The smallest absolute Gasteiger partial charge is 0.260 e. The second-order valence-corrected chi connectivity index (χ2v) is 4.68. The molecule has 5 heteroatoms. The largest absolute Gasteiger partial charge is 0.342 e. The number of nitrogens with one attached hydrogen (secondary N) is 1. The number of fused-ring (bicyclic) bond motifs is 1. The summed E-state index contributed by atoms with van der Waals surface area (Å²) in [6.45, 7) is 1.91. The van der Waals surface area contributed by atoms with Crippen LogP contribution in [0.5, 0.6) is 0 Å². The van der Waals surface area contributed by atoms with Crippen LogP contribution in [0.3, 0.4) is 0 Å². The van der Waals surface area contributed by atoms with E-state index < -0.39 is 0 Å². The van der Waals surface area contributed by atoms with Crippen molar-refractivity contribution in [2.24, 2.45) is 0 Å². The van der Waals surface area contributed by atoms with Crippen molar-refractivity contribution in [1.29, 1.82) is 0 Å². The molecule has 0 atom stereocenters. The molecule has 1 fully saturated rings. The summed E-state index contributed by atoms with van der Waals surface area (Å²) in [7, 11) is 0. The fraction of sp³-hybridized carbons (Fsp3) is 0.333. The van der Waals surface area contributed by atoms with Crippen LogP contribution in [-0.2, 0) is 0 Å². The quantitative estimate of drug-likeness (QED) is 0.843. The Morgan fingerprint density at radius 2 is 2.06 bits per heavy atom. The van der Waals surface area contributed by atoms with Crippen molar-refractivity contribution in [3.63, 3.8) is 0 Å². The van der Waals surface area contributed by atoms with Gasteiger partial charge in [-0.3, -0.25) is 9.78 Å². The first kappa shape index (κ1) is 10.6. The predicted molar refractivity (Wildman–Crippen MR) is 68.8 cm³/mol. The Morgan fingerprint density at radius 1 is 1.29 bits per heavy atom. The zero-order valence-corrected chi connectivity index (χ0v) is 10.00. The summed E-state index contributed by atoms with van der Waals surface area (Å²) >= 11 is 5.92. The number of anilines is 1.